The molecular weight excluding hydrogens is 140 g/mol. The Balaban J connectivity index is 2.41. The molecule has 2 unspecified atom stereocenters. The molecule has 0 spiro atoms. The molecule has 1 saturated heterocycles. The van der Waals surface area contributed by atoms with Crippen molar-refractivity contribution in [3.8, 4) is 0 Å². The van der Waals surface area contributed by atoms with Crippen LogP contribution in [0.4, 0.5) is 0 Å². The normalized spacial score (nSPS) is 39.0. The number of nitrogens with one attached hydrogen (secondary N) is 1. The number of rotatable bonds is 0. The molecule has 0 radical (unpaired) electrons. The molecule has 0 amide bonds. The van der Waals surface area contributed by atoms with Crippen LogP contribution in [-0.4, -0.2) is 41.9 Å². The third kappa shape index (κ3) is 1.55. The Morgan fingerprint density at radius 3 is 2.89 bits per heavy atom. The van der Waals surface area contributed by atoms with Gasteiger partial charge in [-0.25, -0.2) is 0 Å². The van der Waals surface area contributed by atoms with E-state index < -0.39 is 6.23 Å². The SMILES string of the molecule is CN1CCNC(Cl)C1O. The van der Waals surface area contributed by atoms with Gasteiger partial charge in [0.2, 0.25) is 0 Å². The Morgan fingerprint density at radius 2 is 2.44 bits per heavy atom. The molecule has 1 aliphatic rings. The van der Waals surface area contributed by atoms with Gasteiger partial charge in [0.25, 0.3) is 0 Å². The van der Waals surface area contributed by atoms with Crippen molar-refractivity contribution in [1.82, 2.24) is 10.2 Å². The lowest BCUT2D eigenvalue weighted by molar-refractivity contribution is -0.00631. The van der Waals surface area contributed by atoms with E-state index in [1.165, 1.54) is 0 Å². The van der Waals surface area contributed by atoms with Crippen LogP contribution < -0.4 is 5.32 Å². The number of hydrogen-bond acceptors (Lipinski definition) is 3. The molecule has 0 aromatic rings. The summed E-state index contributed by atoms with van der Waals surface area (Å²) in [6, 6.07) is 0. The van der Waals surface area contributed by atoms with Gasteiger partial charge in [-0.05, 0) is 7.05 Å². The quantitative estimate of drug-likeness (QED) is 0.358. The number of piperazine rings is 1. The van der Waals surface area contributed by atoms with Crippen molar-refractivity contribution in [1.29, 1.82) is 0 Å². The zero-order valence-corrected chi connectivity index (χ0v) is 6.10. The Morgan fingerprint density at radius 1 is 1.78 bits per heavy atom. The van der Waals surface area contributed by atoms with E-state index in [-0.39, 0.29) is 5.50 Å². The number of alkyl halides is 1. The Bertz CT molecular complexity index is 91.0. The number of aliphatic hydroxyl groups is 1. The van der Waals surface area contributed by atoms with Crippen LogP contribution in [0.5, 0.6) is 0 Å². The number of nitrogens with zero attached hydrogens (tertiary/aromatic N) is 1. The van der Waals surface area contributed by atoms with Crippen molar-refractivity contribution < 1.29 is 5.11 Å². The largest absolute Gasteiger partial charge is 0.375 e. The van der Waals surface area contributed by atoms with E-state index >= 15 is 0 Å². The molecule has 1 aliphatic heterocycles. The minimum absolute atomic E-state index is 0.316. The van der Waals surface area contributed by atoms with Crippen LogP contribution in [-0.2, 0) is 0 Å². The smallest absolute Gasteiger partial charge is 0.136 e. The molecule has 0 aromatic carbocycles. The maximum atomic E-state index is 9.18. The molecule has 2 N–H and O–H groups in total. The molecule has 9 heavy (non-hydrogen) atoms. The minimum Gasteiger partial charge on any atom is -0.375 e. The molecule has 4 heteroatoms. The van der Waals surface area contributed by atoms with Crippen molar-refractivity contribution in [2.75, 3.05) is 20.1 Å². The van der Waals surface area contributed by atoms with E-state index in [0.29, 0.717) is 0 Å². The lowest BCUT2D eigenvalue weighted by Gasteiger charge is -2.32. The minimum atomic E-state index is -0.541. The fourth-order valence-corrected chi connectivity index (χ4v) is 1.14. The lowest BCUT2D eigenvalue weighted by atomic mass is 10.3. The number of aliphatic hydroxyl groups excluding tert-OH is 1. The van der Waals surface area contributed by atoms with Gasteiger partial charge < -0.3 is 5.11 Å². The van der Waals surface area contributed by atoms with Gasteiger partial charge in [0.15, 0.2) is 0 Å². The molecular formula is C5H11ClN2O. The zero-order chi connectivity index (χ0) is 6.85. The topological polar surface area (TPSA) is 35.5 Å². The molecule has 3 nitrogen and oxygen atoms in total. The molecule has 1 fully saturated rings. The van der Waals surface area contributed by atoms with Crippen LogP contribution >= 0.6 is 11.6 Å². The summed E-state index contributed by atoms with van der Waals surface area (Å²) >= 11 is 5.66. The third-order valence-electron chi connectivity index (χ3n) is 1.52. The van der Waals surface area contributed by atoms with Gasteiger partial charge in [0.1, 0.15) is 11.7 Å². The molecule has 2 atom stereocenters. The third-order valence-corrected chi connectivity index (χ3v) is 1.90. The van der Waals surface area contributed by atoms with E-state index in [0.717, 1.165) is 13.1 Å². The van der Waals surface area contributed by atoms with Crippen molar-refractivity contribution in [3.63, 3.8) is 0 Å². The maximum absolute atomic E-state index is 9.18. The van der Waals surface area contributed by atoms with Crippen molar-refractivity contribution in [2.45, 2.75) is 11.7 Å². The van der Waals surface area contributed by atoms with E-state index in [1.54, 1.807) is 0 Å². The fourth-order valence-electron chi connectivity index (χ4n) is 0.840. The van der Waals surface area contributed by atoms with Crippen molar-refractivity contribution >= 4 is 11.6 Å². The average molecular weight is 151 g/mol. The van der Waals surface area contributed by atoms with E-state index in [9.17, 15) is 5.11 Å². The zero-order valence-electron chi connectivity index (χ0n) is 5.34. The summed E-state index contributed by atoms with van der Waals surface area (Å²) in [6.45, 7) is 1.70. The van der Waals surface area contributed by atoms with E-state index in [4.69, 9.17) is 11.6 Å². The predicted octanol–water partition coefficient (Wildman–Crippen LogP) is -0.595. The molecule has 0 saturated carbocycles. The predicted molar refractivity (Wildman–Crippen MR) is 36.3 cm³/mol. The van der Waals surface area contributed by atoms with Crippen LogP contribution in [0.1, 0.15) is 0 Å². The van der Waals surface area contributed by atoms with E-state index in [2.05, 4.69) is 5.32 Å². The monoisotopic (exact) mass is 150 g/mol. The van der Waals surface area contributed by atoms with Crippen molar-refractivity contribution in [2.24, 2.45) is 0 Å². The molecule has 0 bridgehead atoms. The first kappa shape index (κ1) is 7.28. The summed E-state index contributed by atoms with van der Waals surface area (Å²) in [7, 11) is 1.85. The van der Waals surface area contributed by atoms with E-state index in [1.807, 2.05) is 11.9 Å². The maximum Gasteiger partial charge on any atom is 0.136 e. The Hall–Kier alpha value is 0.170. The van der Waals surface area contributed by atoms with Gasteiger partial charge in [-0.1, -0.05) is 0 Å². The van der Waals surface area contributed by atoms with Gasteiger partial charge in [-0.15, -0.1) is 11.6 Å². The van der Waals surface area contributed by atoms with Crippen LogP contribution in [0.25, 0.3) is 0 Å². The lowest BCUT2D eigenvalue weighted by Crippen LogP contribution is -2.53. The van der Waals surface area contributed by atoms with Crippen LogP contribution in [0, 0.1) is 0 Å². The highest BCUT2D eigenvalue weighted by Crippen LogP contribution is 2.06. The first-order chi connectivity index (χ1) is 4.22. The summed E-state index contributed by atoms with van der Waals surface area (Å²) in [4.78, 5) is 1.81. The summed E-state index contributed by atoms with van der Waals surface area (Å²) in [5, 5.41) is 12.1. The number of likely N-dealkylation sites (N-methyl/N-ethyl adjacent to an activating group) is 1. The molecule has 0 aliphatic carbocycles. The van der Waals surface area contributed by atoms with Gasteiger partial charge >= 0.3 is 0 Å². The highest BCUT2D eigenvalue weighted by molar-refractivity contribution is 6.20. The first-order valence-corrected chi connectivity index (χ1v) is 3.41. The highest BCUT2D eigenvalue weighted by Gasteiger charge is 2.23. The first-order valence-electron chi connectivity index (χ1n) is 2.97. The average Bonchev–Trinajstić information content (AvgIpc) is 1.83. The summed E-state index contributed by atoms with van der Waals surface area (Å²) in [5.74, 6) is 0. The molecule has 54 valence electrons. The Kier molecular flexibility index (Phi) is 2.29. The molecule has 1 heterocycles. The van der Waals surface area contributed by atoms with Crippen LogP contribution in [0.15, 0.2) is 0 Å². The highest BCUT2D eigenvalue weighted by atomic mass is 35.5. The van der Waals surface area contributed by atoms with Gasteiger partial charge in [0.05, 0.1) is 0 Å². The number of hydrogen-bond donors (Lipinski definition) is 2. The number of halogens is 1. The fraction of sp³-hybridized carbons (Fsp3) is 1.00. The second-order valence-corrected chi connectivity index (χ2v) is 2.72. The van der Waals surface area contributed by atoms with Crippen molar-refractivity contribution in [3.05, 3.63) is 0 Å². The summed E-state index contributed by atoms with van der Waals surface area (Å²) < 4.78 is 0. The summed E-state index contributed by atoms with van der Waals surface area (Å²) in [5.41, 5.74) is -0.316. The summed E-state index contributed by atoms with van der Waals surface area (Å²) in [6.07, 6.45) is -0.541. The second kappa shape index (κ2) is 2.84. The second-order valence-electron chi connectivity index (χ2n) is 2.25. The van der Waals surface area contributed by atoms with Gasteiger partial charge in [0, 0.05) is 13.1 Å². The van der Waals surface area contributed by atoms with Crippen LogP contribution in [0.2, 0.25) is 0 Å². The Labute approximate surface area is 59.6 Å². The van der Waals surface area contributed by atoms with Crippen LogP contribution in [0.3, 0.4) is 0 Å². The van der Waals surface area contributed by atoms with Gasteiger partial charge in [-0.3, -0.25) is 10.2 Å². The molecule has 1 rings (SSSR count). The standard InChI is InChI=1S/C5H11ClN2O/c1-8-3-2-7-4(6)5(8)9/h4-5,7,9H,2-3H2,1H3. The van der Waals surface area contributed by atoms with Gasteiger partial charge in [-0.2, -0.15) is 0 Å². The molecule has 0 aromatic heterocycles.